The van der Waals surface area contributed by atoms with Gasteiger partial charge in [0.25, 0.3) is 11.8 Å². The molecule has 1 unspecified atom stereocenters. The van der Waals surface area contributed by atoms with Crippen LogP contribution in [0.4, 0.5) is 0 Å². The first-order valence-electron chi connectivity index (χ1n) is 9.59. The van der Waals surface area contributed by atoms with Gasteiger partial charge >= 0.3 is 0 Å². The van der Waals surface area contributed by atoms with Gasteiger partial charge in [-0.15, -0.1) is 0 Å². The Morgan fingerprint density at radius 3 is 1.55 bits per heavy atom. The van der Waals surface area contributed by atoms with Gasteiger partial charge in [0, 0.05) is 13.1 Å². The molecule has 7 heteroatoms. The van der Waals surface area contributed by atoms with E-state index in [2.05, 4.69) is 28.6 Å². The second-order valence-corrected chi connectivity index (χ2v) is 7.45. The lowest BCUT2D eigenvalue weighted by Crippen LogP contribution is -2.56. The second kappa shape index (κ2) is 11.9. The van der Waals surface area contributed by atoms with Gasteiger partial charge in [0.1, 0.15) is 0 Å². The predicted octanol–water partition coefficient (Wildman–Crippen LogP) is 1.51. The van der Waals surface area contributed by atoms with Crippen LogP contribution in [0.15, 0.2) is 60.7 Å². The highest BCUT2D eigenvalue weighted by Gasteiger charge is 2.28. The Kier molecular flexibility index (Phi) is 9.24. The lowest BCUT2D eigenvalue weighted by molar-refractivity contribution is -0.136. The van der Waals surface area contributed by atoms with Gasteiger partial charge in [0.05, 0.1) is 5.25 Å². The molecule has 154 valence electrons. The molecule has 0 heterocycles. The maximum Gasteiger partial charge on any atom is 0.252 e. The number of rotatable bonds is 10. The van der Waals surface area contributed by atoms with E-state index in [4.69, 9.17) is 0 Å². The van der Waals surface area contributed by atoms with Gasteiger partial charge in [0.15, 0.2) is 6.04 Å². The van der Waals surface area contributed by atoms with Crippen molar-refractivity contribution in [2.24, 2.45) is 0 Å². The number of amides is 3. The van der Waals surface area contributed by atoms with Crippen molar-refractivity contribution < 1.29 is 14.4 Å². The Morgan fingerprint density at radius 2 is 1.17 bits per heavy atom. The van der Waals surface area contributed by atoms with Crippen molar-refractivity contribution in [2.45, 2.75) is 31.1 Å². The lowest BCUT2D eigenvalue weighted by atomic mass is 10.1. The van der Waals surface area contributed by atoms with Crippen LogP contribution in [0.3, 0.4) is 0 Å². The zero-order chi connectivity index (χ0) is 21.1. The van der Waals surface area contributed by atoms with Crippen molar-refractivity contribution >= 4 is 30.4 Å². The Balaban J connectivity index is 1.90. The lowest BCUT2D eigenvalue weighted by Gasteiger charge is -2.19. The number of carbonyl (C=O) groups is 3. The van der Waals surface area contributed by atoms with Crippen LogP contribution in [-0.4, -0.2) is 42.1 Å². The molecule has 0 radical (unpaired) electrons. The maximum absolute atomic E-state index is 12.6. The zero-order valence-electron chi connectivity index (χ0n) is 16.4. The van der Waals surface area contributed by atoms with E-state index in [1.54, 1.807) is 6.92 Å². The van der Waals surface area contributed by atoms with E-state index in [9.17, 15) is 14.4 Å². The third-order valence-electron chi connectivity index (χ3n) is 4.30. The number of hydrogen-bond acceptors (Lipinski definition) is 4. The molecular formula is C22H27N3O3S. The Labute approximate surface area is 176 Å². The van der Waals surface area contributed by atoms with Crippen LogP contribution in [0.1, 0.15) is 18.1 Å². The van der Waals surface area contributed by atoms with Crippen molar-refractivity contribution in [1.82, 2.24) is 16.0 Å². The van der Waals surface area contributed by atoms with Crippen molar-refractivity contribution in [2.75, 3.05) is 13.1 Å². The van der Waals surface area contributed by atoms with Gasteiger partial charge in [-0.2, -0.15) is 12.6 Å². The number of benzene rings is 2. The van der Waals surface area contributed by atoms with E-state index >= 15 is 0 Å². The highest BCUT2D eigenvalue weighted by Crippen LogP contribution is 2.00. The summed E-state index contributed by atoms with van der Waals surface area (Å²) in [6.07, 6.45) is 1.26. The third kappa shape index (κ3) is 7.99. The highest BCUT2D eigenvalue weighted by molar-refractivity contribution is 7.81. The molecule has 0 aliphatic heterocycles. The van der Waals surface area contributed by atoms with Crippen LogP contribution < -0.4 is 16.0 Å². The van der Waals surface area contributed by atoms with Gasteiger partial charge in [-0.05, 0) is 30.9 Å². The summed E-state index contributed by atoms with van der Waals surface area (Å²) in [4.78, 5) is 37.1. The summed E-state index contributed by atoms with van der Waals surface area (Å²) in [6, 6.07) is 18.1. The molecule has 3 amide bonds. The van der Waals surface area contributed by atoms with Crippen LogP contribution in [0.5, 0.6) is 0 Å². The molecule has 2 aromatic carbocycles. The monoisotopic (exact) mass is 413 g/mol. The standard InChI is InChI=1S/C22H27N3O3S/c1-16(29)20(26)25-19(21(27)23-14-12-17-8-4-2-5-9-17)22(28)24-15-13-18-10-6-3-7-11-18/h2-11,16,19,29H,12-15H2,1H3,(H,23,27)(H,24,28)(H,25,26). The SMILES string of the molecule is CC(S)C(=O)NC(C(=O)NCCc1ccccc1)C(=O)NCCc1ccccc1. The van der Waals surface area contributed by atoms with Crippen LogP contribution in [0, 0.1) is 0 Å². The molecule has 0 aromatic heterocycles. The molecule has 3 N–H and O–H groups in total. The normalized spacial score (nSPS) is 11.6. The molecular weight excluding hydrogens is 386 g/mol. The topological polar surface area (TPSA) is 87.3 Å². The van der Waals surface area contributed by atoms with Crippen LogP contribution in [0.25, 0.3) is 0 Å². The van der Waals surface area contributed by atoms with E-state index in [1.807, 2.05) is 60.7 Å². The first kappa shape index (κ1) is 22.5. The van der Waals surface area contributed by atoms with Gasteiger partial charge in [-0.25, -0.2) is 0 Å². The third-order valence-corrected chi connectivity index (χ3v) is 4.54. The molecule has 2 aromatic rings. The number of carbonyl (C=O) groups excluding carboxylic acids is 3. The van der Waals surface area contributed by atoms with E-state index in [-0.39, 0.29) is 0 Å². The summed E-state index contributed by atoms with van der Waals surface area (Å²) < 4.78 is 0. The average Bonchev–Trinajstić information content (AvgIpc) is 2.73. The van der Waals surface area contributed by atoms with Crippen LogP contribution >= 0.6 is 12.6 Å². The van der Waals surface area contributed by atoms with Crippen LogP contribution in [-0.2, 0) is 27.2 Å². The fourth-order valence-corrected chi connectivity index (χ4v) is 2.74. The summed E-state index contributed by atoms with van der Waals surface area (Å²) in [6.45, 7) is 2.31. The molecule has 0 saturated heterocycles. The molecule has 0 fully saturated rings. The average molecular weight is 414 g/mol. The Bertz CT molecular complexity index is 740. The smallest absolute Gasteiger partial charge is 0.252 e. The maximum atomic E-state index is 12.6. The quantitative estimate of drug-likeness (QED) is 0.352. The first-order valence-corrected chi connectivity index (χ1v) is 10.1. The second-order valence-electron chi connectivity index (χ2n) is 6.67. The molecule has 29 heavy (non-hydrogen) atoms. The van der Waals surface area contributed by atoms with E-state index in [1.165, 1.54) is 0 Å². The zero-order valence-corrected chi connectivity index (χ0v) is 17.3. The minimum atomic E-state index is -1.30. The predicted molar refractivity (Wildman–Crippen MR) is 117 cm³/mol. The number of hydrogen-bond donors (Lipinski definition) is 4. The summed E-state index contributed by atoms with van der Waals surface area (Å²) in [5.41, 5.74) is 2.15. The molecule has 0 aliphatic carbocycles. The van der Waals surface area contributed by atoms with Crippen molar-refractivity contribution in [3.8, 4) is 0 Å². The summed E-state index contributed by atoms with van der Waals surface area (Å²) in [5, 5.41) is 7.29. The van der Waals surface area contributed by atoms with E-state index in [0.717, 1.165) is 11.1 Å². The summed E-state index contributed by atoms with van der Waals surface area (Å²) >= 11 is 4.07. The molecule has 0 spiro atoms. The Hall–Kier alpha value is -2.80. The molecule has 2 rings (SSSR count). The van der Waals surface area contributed by atoms with Gasteiger partial charge in [0.2, 0.25) is 5.91 Å². The fourth-order valence-electron chi connectivity index (χ4n) is 2.67. The van der Waals surface area contributed by atoms with E-state index in [0.29, 0.717) is 25.9 Å². The van der Waals surface area contributed by atoms with E-state index < -0.39 is 29.0 Å². The molecule has 0 bridgehead atoms. The molecule has 0 saturated carbocycles. The van der Waals surface area contributed by atoms with Crippen molar-refractivity contribution in [3.63, 3.8) is 0 Å². The van der Waals surface area contributed by atoms with Gasteiger partial charge < -0.3 is 16.0 Å². The highest BCUT2D eigenvalue weighted by atomic mass is 32.1. The van der Waals surface area contributed by atoms with Gasteiger partial charge in [-0.1, -0.05) is 60.7 Å². The molecule has 6 nitrogen and oxygen atoms in total. The van der Waals surface area contributed by atoms with Gasteiger partial charge in [-0.3, -0.25) is 14.4 Å². The molecule has 1 atom stereocenters. The van der Waals surface area contributed by atoms with Crippen LogP contribution in [0.2, 0.25) is 0 Å². The largest absolute Gasteiger partial charge is 0.354 e. The Morgan fingerprint density at radius 1 is 0.759 bits per heavy atom. The molecule has 0 aliphatic rings. The minimum absolute atomic E-state index is 0.364. The van der Waals surface area contributed by atoms with Crippen molar-refractivity contribution in [3.05, 3.63) is 71.8 Å². The first-order chi connectivity index (χ1) is 14.0. The summed E-state index contributed by atoms with van der Waals surface area (Å²) in [7, 11) is 0. The number of nitrogens with one attached hydrogen (secondary N) is 3. The summed E-state index contributed by atoms with van der Waals surface area (Å²) in [5.74, 6) is -1.56. The van der Waals surface area contributed by atoms with Crippen molar-refractivity contribution in [1.29, 1.82) is 0 Å². The fraction of sp³-hybridized carbons (Fsp3) is 0.318. The number of thiol groups is 1. The minimum Gasteiger partial charge on any atom is -0.354 e.